The highest BCUT2D eigenvalue weighted by atomic mass is 15.1. The standard InChI is InChI=1S/C14H19N/c1-3-13-8-4-5-9-14(13)12(2)15-10-6-7-11-15/h4-5,8-9H,2-3,6-7,10-11H2,1H3. The van der Waals surface area contributed by atoms with Gasteiger partial charge < -0.3 is 4.90 Å². The Labute approximate surface area is 92.4 Å². The van der Waals surface area contributed by atoms with Crippen molar-refractivity contribution < 1.29 is 0 Å². The molecular formula is C14H19N. The molecule has 0 N–H and O–H groups in total. The van der Waals surface area contributed by atoms with Gasteiger partial charge in [-0.15, -0.1) is 0 Å². The first-order chi connectivity index (χ1) is 7.33. The van der Waals surface area contributed by atoms with E-state index in [0.29, 0.717) is 0 Å². The Morgan fingerprint density at radius 1 is 1.27 bits per heavy atom. The first kappa shape index (κ1) is 10.3. The molecule has 0 spiro atoms. The Morgan fingerprint density at radius 2 is 1.93 bits per heavy atom. The number of likely N-dealkylation sites (tertiary alicyclic amines) is 1. The van der Waals surface area contributed by atoms with Gasteiger partial charge in [0.2, 0.25) is 0 Å². The van der Waals surface area contributed by atoms with E-state index in [4.69, 9.17) is 0 Å². The third kappa shape index (κ3) is 2.06. The summed E-state index contributed by atoms with van der Waals surface area (Å²) in [5, 5.41) is 0. The molecular weight excluding hydrogens is 182 g/mol. The van der Waals surface area contributed by atoms with Crippen LogP contribution < -0.4 is 0 Å². The molecule has 0 aliphatic carbocycles. The van der Waals surface area contributed by atoms with Gasteiger partial charge in [-0.25, -0.2) is 0 Å². The third-order valence-electron chi connectivity index (χ3n) is 3.20. The van der Waals surface area contributed by atoms with Crippen molar-refractivity contribution >= 4 is 5.70 Å². The van der Waals surface area contributed by atoms with E-state index in [1.54, 1.807) is 0 Å². The Balaban J connectivity index is 2.24. The Bertz CT molecular complexity index is 348. The molecule has 1 aromatic rings. The number of aryl methyl sites for hydroxylation is 1. The van der Waals surface area contributed by atoms with Crippen LogP contribution in [-0.2, 0) is 6.42 Å². The fourth-order valence-electron chi connectivity index (χ4n) is 2.27. The molecule has 1 heteroatoms. The smallest absolute Gasteiger partial charge is 0.0369 e. The van der Waals surface area contributed by atoms with Crippen molar-refractivity contribution in [3.05, 3.63) is 42.0 Å². The lowest BCUT2D eigenvalue weighted by molar-refractivity contribution is 0.494. The van der Waals surface area contributed by atoms with Gasteiger partial charge in [-0.3, -0.25) is 0 Å². The first-order valence-electron chi connectivity index (χ1n) is 5.85. The van der Waals surface area contributed by atoms with Crippen LogP contribution in [0.3, 0.4) is 0 Å². The van der Waals surface area contributed by atoms with Crippen molar-refractivity contribution in [3.8, 4) is 0 Å². The summed E-state index contributed by atoms with van der Waals surface area (Å²) in [5.74, 6) is 0. The molecule has 2 rings (SSSR count). The molecule has 0 radical (unpaired) electrons. The lowest BCUT2D eigenvalue weighted by Crippen LogP contribution is -2.17. The van der Waals surface area contributed by atoms with Crippen molar-refractivity contribution in [1.82, 2.24) is 4.90 Å². The molecule has 80 valence electrons. The van der Waals surface area contributed by atoms with Crippen molar-refractivity contribution in [2.75, 3.05) is 13.1 Å². The zero-order chi connectivity index (χ0) is 10.7. The summed E-state index contributed by atoms with van der Waals surface area (Å²) in [6.45, 7) is 8.80. The highest BCUT2D eigenvalue weighted by Gasteiger charge is 2.15. The van der Waals surface area contributed by atoms with Gasteiger partial charge in [0, 0.05) is 24.4 Å². The molecule has 0 aromatic heterocycles. The fraction of sp³-hybridized carbons (Fsp3) is 0.429. The van der Waals surface area contributed by atoms with Crippen LogP contribution in [0.1, 0.15) is 30.9 Å². The van der Waals surface area contributed by atoms with Crippen molar-refractivity contribution in [2.45, 2.75) is 26.2 Å². The van der Waals surface area contributed by atoms with Gasteiger partial charge in [-0.05, 0) is 24.8 Å². The highest BCUT2D eigenvalue weighted by molar-refractivity contribution is 5.65. The normalized spacial score (nSPS) is 15.7. The molecule has 0 unspecified atom stereocenters. The van der Waals surface area contributed by atoms with Crippen LogP contribution in [-0.4, -0.2) is 18.0 Å². The molecule has 1 aliphatic rings. The fourth-order valence-corrected chi connectivity index (χ4v) is 2.27. The van der Waals surface area contributed by atoms with Crippen LogP contribution in [0.4, 0.5) is 0 Å². The second-order valence-corrected chi connectivity index (χ2v) is 4.15. The Hall–Kier alpha value is -1.24. The van der Waals surface area contributed by atoms with Crippen LogP contribution in [0.15, 0.2) is 30.8 Å². The predicted octanol–water partition coefficient (Wildman–Crippen LogP) is 3.32. The van der Waals surface area contributed by atoms with E-state index < -0.39 is 0 Å². The highest BCUT2D eigenvalue weighted by Crippen LogP contribution is 2.25. The monoisotopic (exact) mass is 201 g/mol. The van der Waals surface area contributed by atoms with E-state index in [0.717, 1.165) is 6.42 Å². The van der Waals surface area contributed by atoms with Crippen LogP contribution >= 0.6 is 0 Å². The minimum absolute atomic E-state index is 1.09. The lowest BCUT2D eigenvalue weighted by atomic mass is 10.0. The zero-order valence-corrected chi connectivity index (χ0v) is 9.50. The maximum Gasteiger partial charge on any atom is 0.0369 e. The van der Waals surface area contributed by atoms with E-state index in [9.17, 15) is 0 Å². The minimum Gasteiger partial charge on any atom is -0.372 e. The SMILES string of the molecule is C=C(c1ccccc1CC)N1CCCC1. The Kier molecular flexibility index (Phi) is 3.10. The molecule has 1 aliphatic heterocycles. The maximum atomic E-state index is 4.24. The molecule has 1 nitrogen and oxygen atoms in total. The molecule has 1 fully saturated rings. The zero-order valence-electron chi connectivity index (χ0n) is 9.50. The van der Waals surface area contributed by atoms with Crippen molar-refractivity contribution in [1.29, 1.82) is 0 Å². The van der Waals surface area contributed by atoms with Gasteiger partial charge in [0.15, 0.2) is 0 Å². The Morgan fingerprint density at radius 3 is 2.60 bits per heavy atom. The van der Waals surface area contributed by atoms with Gasteiger partial charge in [0.05, 0.1) is 0 Å². The van der Waals surface area contributed by atoms with Gasteiger partial charge >= 0.3 is 0 Å². The summed E-state index contributed by atoms with van der Waals surface area (Å²) in [4.78, 5) is 2.41. The minimum atomic E-state index is 1.09. The second kappa shape index (κ2) is 4.52. The van der Waals surface area contributed by atoms with Gasteiger partial charge in [0.25, 0.3) is 0 Å². The summed E-state index contributed by atoms with van der Waals surface area (Å²) >= 11 is 0. The largest absolute Gasteiger partial charge is 0.372 e. The summed E-state index contributed by atoms with van der Waals surface area (Å²) in [6.07, 6.45) is 3.71. The van der Waals surface area contributed by atoms with E-state index in [-0.39, 0.29) is 0 Å². The van der Waals surface area contributed by atoms with E-state index in [2.05, 4.69) is 42.7 Å². The molecule has 1 aromatic carbocycles. The quantitative estimate of drug-likeness (QED) is 0.725. The number of benzene rings is 1. The molecule has 1 saturated heterocycles. The van der Waals surface area contributed by atoms with Crippen molar-refractivity contribution in [2.24, 2.45) is 0 Å². The van der Waals surface area contributed by atoms with Crippen LogP contribution in [0.2, 0.25) is 0 Å². The first-order valence-corrected chi connectivity index (χ1v) is 5.85. The van der Waals surface area contributed by atoms with Crippen LogP contribution in [0, 0.1) is 0 Å². The van der Waals surface area contributed by atoms with Gasteiger partial charge in [-0.2, -0.15) is 0 Å². The van der Waals surface area contributed by atoms with Crippen molar-refractivity contribution in [3.63, 3.8) is 0 Å². The van der Waals surface area contributed by atoms with Crippen LogP contribution in [0.5, 0.6) is 0 Å². The van der Waals surface area contributed by atoms with Gasteiger partial charge in [-0.1, -0.05) is 37.8 Å². The lowest BCUT2D eigenvalue weighted by Gasteiger charge is -2.22. The number of hydrogen-bond donors (Lipinski definition) is 0. The van der Waals surface area contributed by atoms with Gasteiger partial charge in [0.1, 0.15) is 0 Å². The molecule has 0 bridgehead atoms. The third-order valence-corrected chi connectivity index (χ3v) is 3.20. The second-order valence-electron chi connectivity index (χ2n) is 4.15. The number of rotatable bonds is 3. The molecule has 0 amide bonds. The molecule has 0 saturated carbocycles. The molecule has 0 atom stereocenters. The summed E-state index contributed by atoms with van der Waals surface area (Å²) in [7, 11) is 0. The molecule has 15 heavy (non-hydrogen) atoms. The van der Waals surface area contributed by atoms with E-state index >= 15 is 0 Å². The van der Waals surface area contributed by atoms with E-state index in [1.807, 2.05) is 0 Å². The average molecular weight is 201 g/mol. The topological polar surface area (TPSA) is 3.24 Å². The van der Waals surface area contributed by atoms with E-state index in [1.165, 1.54) is 42.8 Å². The average Bonchev–Trinajstić information content (AvgIpc) is 2.81. The number of nitrogens with zero attached hydrogens (tertiary/aromatic N) is 1. The maximum absolute atomic E-state index is 4.24. The summed E-state index contributed by atoms with van der Waals surface area (Å²) < 4.78 is 0. The predicted molar refractivity (Wildman–Crippen MR) is 65.7 cm³/mol. The summed E-state index contributed by atoms with van der Waals surface area (Å²) in [5.41, 5.74) is 3.96. The molecule has 1 heterocycles. The van der Waals surface area contributed by atoms with Crippen LogP contribution in [0.25, 0.3) is 5.70 Å². The summed E-state index contributed by atoms with van der Waals surface area (Å²) in [6, 6.07) is 8.62. The number of hydrogen-bond acceptors (Lipinski definition) is 1.